The summed E-state index contributed by atoms with van der Waals surface area (Å²) in [5.41, 5.74) is 0. The fourth-order valence-electron chi connectivity index (χ4n) is 0.125. The molecule has 0 unspecified atom stereocenters. The fourth-order valence-corrected chi connectivity index (χ4v) is 0.125. The van der Waals surface area contributed by atoms with Gasteiger partial charge >= 0.3 is 0 Å². The average Bonchev–Trinajstić information content (AvgIpc) is 2.70. The standard InChI is InChI=1S/C6H6.CH4.B6.3F2.6H2/c1-3-5-6-4-2;;1-5(2)6(3)4;3*1-2;;;;;;/h1-2H3;1H4;;;;;6*1H/i;;;;;;3*1+1D;;;. The summed E-state index contributed by atoms with van der Waals surface area (Å²) >= 11 is 0. The lowest BCUT2D eigenvalue weighted by atomic mass is 8.81. The highest BCUT2D eigenvalue weighted by Gasteiger charge is 2.00. The second kappa shape index (κ2) is 53.5. The van der Waals surface area contributed by atoms with Gasteiger partial charge in [-0.3, -0.25) is 0 Å². The van der Waals surface area contributed by atoms with Gasteiger partial charge in [0.1, 0.15) is 0 Å². The Morgan fingerprint density at radius 1 is 0.789 bits per heavy atom. The van der Waals surface area contributed by atoms with Gasteiger partial charge < -0.3 is 0 Å². The van der Waals surface area contributed by atoms with Crippen LogP contribution in [0.5, 0.6) is 0 Å². The van der Waals surface area contributed by atoms with Crippen molar-refractivity contribution in [2.45, 2.75) is 21.3 Å². The Labute approximate surface area is 130 Å². The Kier molecular flexibility index (Phi) is 65.4. The van der Waals surface area contributed by atoms with E-state index in [-0.39, 0.29) is 11.7 Å². The molecule has 0 atom stereocenters. The summed E-state index contributed by atoms with van der Waals surface area (Å²) in [6, 6.07) is 0. The third-order valence-corrected chi connectivity index (χ3v) is 0.757. The van der Waals surface area contributed by atoms with Gasteiger partial charge in [0.15, 0.2) is 0 Å². The molecule has 19 heavy (non-hydrogen) atoms. The highest BCUT2D eigenvalue weighted by Crippen LogP contribution is 1.62. The molecule has 0 spiro atoms. The molecule has 0 fully saturated rings. The van der Waals surface area contributed by atoms with Crippen LogP contribution in [0.15, 0.2) is 0 Å². The Morgan fingerprint density at radius 2 is 0.947 bits per heavy atom. The van der Waals surface area contributed by atoms with Crippen LogP contribution in [0.2, 0.25) is 0 Å². The number of rotatable bonds is 1. The molecule has 0 N–H and O–H groups in total. The van der Waals surface area contributed by atoms with Gasteiger partial charge in [-0.1, -0.05) is 19.3 Å². The molecule has 0 saturated heterocycles. The van der Waals surface area contributed by atoms with Gasteiger partial charge in [0.25, 0.3) is 0 Å². The second-order valence-corrected chi connectivity index (χ2v) is 1.90. The first-order valence-electron chi connectivity index (χ1n) is 6.85. The maximum atomic E-state index is 8.00. The van der Waals surface area contributed by atoms with Crippen molar-refractivity contribution in [3.63, 3.8) is 0 Å². The van der Waals surface area contributed by atoms with E-state index in [1.165, 1.54) is 0 Å². The average molecular weight is 291 g/mol. The van der Waals surface area contributed by atoms with Crippen LogP contribution in [0.4, 0.5) is 27.4 Å². The van der Waals surface area contributed by atoms with Crippen molar-refractivity contribution < 1.29 is 40.6 Å². The first kappa shape index (κ1) is 23.2. The van der Waals surface area contributed by atoms with Gasteiger partial charge in [-0.25, -0.2) is 0 Å². The lowest BCUT2D eigenvalue weighted by Crippen LogP contribution is -2.38. The molecular weight excluding hydrogens is 263 g/mol. The first-order chi connectivity index (χ1) is 11.6. The summed E-state index contributed by atoms with van der Waals surface area (Å²) < 4.78 is 78.0. The molecule has 0 rings (SSSR count). The topological polar surface area (TPSA) is 0 Å². The SMILES string of the molecule is C.CC#CC#CC.FF.FF.FF.[2H][2H].[2H][2H].[2H][2H].[B]B([B])B([B])[B].[HH].[HH].[HH]. The summed E-state index contributed by atoms with van der Waals surface area (Å²) in [6.07, 6.45) is -1.19. The summed E-state index contributed by atoms with van der Waals surface area (Å²) in [5, 5.41) is 0. The van der Waals surface area contributed by atoms with Crippen LogP contribution in [-0.2, 0) is 0 Å². The molecule has 0 aliphatic carbocycles. The quantitative estimate of drug-likeness (QED) is 0.395. The van der Waals surface area contributed by atoms with Gasteiger partial charge in [0.05, 0.1) is 0 Å². The van der Waals surface area contributed by atoms with E-state index in [4.69, 9.17) is 67.3 Å². The zero-order valence-corrected chi connectivity index (χ0v) is 9.73. The van der Waals surface area contributed by atoms with Crippen molar-refractivity contribution in [3.05, 3.63) is 0 Å². The fraction of sp³-hybridized carbons (Fsp3) is 0.429. The molecule has 0 aliphatic heterocycles. The van der Waals surface area contributed by atoms with E-state index in [1.807, 2.05) is 0 Å². The predicted octanol–water partition coefficient (Wildman–Crippen LogP) is 3.38. The van der Waals surface area contributed by atoms with Crippen molar-refractivity contribution >= 4 is 43.7 Å². The lowest BCUT2D eigenvalue weighted by molar-refractivity contribution is 0.108. The lowest BCUT2D eigenvalue weighted by Gasteiger charge is -2.00. The Hall–Kier alpha value is -0.910. The van der Waals surface area contributed by atoms with Crippen molar-refractivity contribution in [2.75, 3.05) is 0 Å². The summed E-state index contributed by atoms with van der Waals surface area (Å²) in [4.78, 5) is 0. The minimum Gasteiger partial charge on any atom is -0.0925 e. The number of halogens is 6. The maximum absolute atomic E-state index is 8.00. The zero-order valence-electron chi connectivity index (χ0n) is 15.7. The minimum absolute atomic E-state index is 0. The molecular formula is C7H22B6F6. The van der Waals surface area contributed by atoms with Gasteiger partial charge in [-0.15, -0.1) is 0 Å². The molecule has 0 aromatic carbocycles. The smallest absolute Gasteiger partial charge is 0 e. The van der Waals surface area contributed by atoms with Gasteiger partial charge in [-0.05, 0) is 25.7 Å². The Balaban J connectivity index is -0.0000000110. The van der Waals surface area contributed by atoms with Crippen LogP contribution >= 0.6 is 0 Å². The van der Waals surface area contributed by atoms with Crippen molar-refractivity contribution in [3.8, 4) is 23.7 Å². The zero-order chi connectivity index (χ0) is 22.0. The van der Waals surface area contributed by atoms with Crippen LogP contribution in [0, 0.1) is 23.7 Å². The molecule has 0 amide bonds. The molecule has 8 radical (unpaired) electrons. The van der Waals surface area contributed by atoms with E-state index in [0.29, 0.717) is 0 Å². The van der Waals surface area contributed by atoms with Gasteiger partial charge in [0.2, 0.25) is 0 Å². The molecule has 0 nitrogen and oxygen atoms in total. The summed E-state index contributed by atoms with van der Waals surface area (Å²) in [7, 11) is 19.9. The van der Waals surface area contributed by atoms with Crippen molar-refractivity contribution in [2.24, 2.45) is 0 Å². The third kappa shape index (κ3) is 105. The monoisotopic (exact) mass is 292 g/mol. The van der Waals surface area contributed by atoms with Gasteiger partial charge in [-0.2, -0.15) is 0 Å². The molecule has 0 saturated carbocycles. The maximum Gasteiger partial charge on any atom is 0 e. The van der Waals surface area contributed by atoms with Crippen LogP contribution in [0.25, 0.3) is 0 Å². The Bertz CT molecular complexity index is 219. The normalized spacial score (nSPS) is 5.68. The van der Waals surface area contributed by atoms with Crippen LogP contribution in [0.1, 0.15) is 34.5 Å². The molecule has 12 heteroatoms. The van der Waals surface area contributed by atoms with Crippen LogP contribution < -0.4 is 0 Å². The second-order valence-electron chi connectivity index (χ2n) is 1.90. The van der Waals surface area contributed by atoms with E-state index in [9.17, 15) is 0 Å². The molecule has 110 valence electrons. The van der Waals surface area contributed by atoms with E-state index in [0.717, 1.165) is 0 Å². The summed E-state index contributed by atoms with van der Waals surface area (Å²) in [5.74, 6) is 10.5. The van der Waals surface area contributed by atoms with E-state index >= 15 is 0 Å². The molecule has 0 aromatic heterocycles. The molecule has 0 aromatic rings. The minimum atomic E-state index is -0.593. The molecule has 0 heterocycles. The highest BCUT2D eigenvalue weighted by atomic mass is 20.0. The number of hydrogen-bond acceptors (Lipinski definition) is 0. The van der Waals surface area contributed by atoms with Crippen molar-refractivity contribution in [1.29, 1.82) is 0 Å². The molecule has 0 bridgehead atoms. The van der Waals surface area contributed by atoms with Gasteiger partial charge in [0, 0.05) is 84.4 Å². The molecule has 0 aliphatic rings. The van der Waals surface area contributed by atoms with E-state index in [2.05, 4.69) is 23.7 Å². The van der Waals surface area contributed by atoms with Crippen molar-refractivity contribution in [1.82, 2.24) is 0 Å². The largest absolute Gasteiger partial charge is 0.0925 e. The van der Waals surface area contributed by atoms with Crippen LogP contribution in [0.3, 0.4) is 0 Å². The van der Waals surface area contributed by atoms with E-state index < -0.39 is 12.8 Å². The highest BCUT2D eigenvalue weighted by molar-refractivity contribution is 7.76. The first-order valence-corrected chi connectivity index (χ1v) is 3.85. The number of hydrogen-bond donors (Lipinski definition) is 0. The van der Waals surface area contributed by atoms with E-state index in [1.54, 1.807) is 13.8 Å². The summed E-state index contributed by atoms with van der Waals surface area (Å²) in [6.45, 7) is 3.54. The van der Waals surface area contributed by atoms with Crippen LogP contribution in [-0.4, -0.2) is 43.7 Å². The Morgan fingerprint density at radius 3 is 1.00 bits per heavy atom. The third-order valence-electron chi connectivity index (χ3n) is 0.757. The predicted molar refractivity (Wildman–Crippen MR) is 87.5 cm³/mol.